The van der Waals surface area contributed by atoms with Gasteiger partial charge in [-0.15, -0.1) is 0 Å². The van der Waals surface area contributed by atoms with E-state index in [1.54, 1.807) is 7.11 Å². The maximum atomic E-state index is 5.56. The van der Waals surface area contributed by atoms with Crippen molar-refractivity contribution in [2.45, 2.75) is 58.0 Å². The predicted molar refractivity (Wildman–Crippen MR) is 109 cm³/mol. The maximum Gasteiger partial charge on any atom is 0.119 e. The first kappa shape index (κ1) is 17.5. The summed E-state index contributed by atoms with van der Waals surface area (Å²) in [6, 6.07) is 18.2. The van der Waals surface area contributed by atoms with E-state index < -0.39 is 0 Å². The summed E-state index contributed by atoms with van der Waals surface area (Å²) < 4.78 is 5.56. The first-order valence-corrected chi connectivity index (χ1v) is 10.00. The molecule has 0 unspecified atom stereocenters. The Hall–Kier alpha value is -1.96. The second-order valence-corrected chi connectivity index (χ2v) is 8.81. The molecular weight excluding hydrogens is 318 g/mol. The average molecular weight is 350 g/mol. The molecule has 2 aliphatic rings. The number of hydrogen-bond acceptors (Lipinski definition) is 2. The lowest BCUT2D eigenvalue weighted by molar-refractivity contribution is 0.151. The molecule has 0 spiro atoms. The minimum atomic E-state index is 0.182. The molecule has 1 aliphatic carbocycles. The highest BCUT2D eigenvalue weighted by molar-refractivity contribution is 5.63. The lowest BCUT2D eigenvalue weighted by Crippen LogP contribution is -2.54. The number of fused-ring (bicyclic) bond motifs is 2. The Balaban J connectivity index is 1.82. The molecule has 2 heteroatoms. The smallest absolute Gasteiger partial charge is 0.119 e. The third kappa shape index (κ3) is 2.90. The van der Waals surface area contributed by atoms with Crippen molar-refractivity contribution in [3.63, 3.8) is 0 Å². The normalized spacial score (nSPS) is 26.8. The SMILES string of the molecule is COc1ccc2c(c1)C(C)(C)[C@@H]1CC[C@@H](C)C[C@H]1N2Cc1ccccc1. The number of ether oxygens (including phenoxy) is 1. The van der Waals surface area contributed by atoms with Crippen LogP contribution in [0.3, 0.4) is 0 Å². The van der Waals surface area contributed by atoms with Crippen molar-refractivity contribution in [2.24, 2.45) is 11.8 Å². The van der Waals surface area contributed by atoms with Gasteiger partial charge in [0.1, 0.15) is 5.75 Å². The van der Waals surface area contributed by atoms with Gasteiger partial charge in [-0.3, -0.25) is 0 Å². The van der Waals surface area contributed by atoms with E-state index in [1.807, 2.05) is 0 Å². The molecule has 0 N–H and O–H groups in total. The van der Waals surface area contributed by atoms with Gasteiger partial charge in [0.25, 0.3) is 0 Å². The van der Waals surface area contributed by atoms with E-state index in [9.17, 15) is 0 Å². The van der Waals surface area contributed by atoms with Gasteiger partial charge in [-0.25, -0.2) is 0 Å². The molecule has 2 aromatic carbocycles. The van der Waals surface area contributed by atoms with Crippen molar-refractivity contribution in [2.75, 3.05) is 12.0 Å². The maximum absolute atomic E-state index is 5.56. The van der Waals surface area contributed by atoms with Gasteiger partial charge in [0.15, 0.2) is 0 Å². The molecule has 2 nitrogen and oxygen atoms in total. The van der Waals surface area contributed by atoms with Gasteiger partial charge in [-0.1, -0.05) is 57.5 Å². The van der Waals surface area contributed by atoms with Crippen LogP contribution in [0.4, 0.5) is 5.69 Å². The lowest BCUT2D eigenvalue weighted by atomic mass is 9.60. The van der Waals surface area contributed by atoms with Gasteiger partial charge in [0.2, 0.25) is 0 Å². The lowest BCUT2D eigenvalue weighted by Gasteiger charge is -2.55. The summed E-state index contributed by atoms with van der Waals surface area (Å²) >= 11 is 0. The highest BCUT2D eigenvalue weighted by Gasteiger charge is 2.47. The standard InChI is InChI=1S/C24H31NO/c1-17-10-12-20-23(14-17)25(16-18-8-6-5-7-9-18)22-13-11-19(26-4)15-21(22)24(20,2)3/h5-9,11,13,15,17,20,23H,10,12,14,16H2,1-4H3/t17-,20-,23-/m1/s1. The van der Waals surface area contributed by atoms with E-state index in [4.69, 9.17) is 4.74 Å². The summed E-state index contributed by atoms with van der Waals surface area (Å²) in [6.07, 6.45) is 3.97. The molecule has 3 atom stereocenters. The fourth-order valence-electron chi connectivity index (χ4n) is 5.31. The molecule has 2 aromatic rings. The molecule has 138 valence electrons. The molecule has 4 rings (SSSR count). The van der Waals surface area contributed by atoms with Crippen molar-refractivity contribution < 1.29 is 4.74 Å². The van der Waals surface area contributed by atoms with Crippen LogP contribution < -0.4 is 9.64 Å². The Morgan fingerprint density at radius 1 is 1.08 bits per heavy atom. The molecule has 0 bridgehead atoms. The van der Waals surface area contributed by atoms with Crippen LogP contribution in [-0.2, 0) is 12.0 Å². The molecule has 0 saturated heterocycles. The molecule has 0 amide bonds. The number of methoxy groups -OCH3 is 1. The number of hydrogen-bond donors (Lipinski definition) is 0. The van der Waals surface area contributed by atoms with Crippen LogP contribution in [0.1, 0.15) is 51.2 Å². The third-order valence-corrected chi connectivity index (χ3v) is 6.81. The van der Waals surface area contributed by atoms with Gasteiger partial charge in [-0.2, -0.15) is 0 Å². The van der Waals surface area contributed by atoms with E-state index in [2.05, 4.69) is 74.2 Å². The molecular formula is C24H31NO. The van der Waals surface area contributed by atoms with Gasteiger partial charge in [0, 0.05) is 18.3 Å². The summed E-state index contributed by atoms with van der Waals surface area (Å²) in [5.74, 6) is 2.48. The quantitative estimate of drug-likeness (QED) is 0.694. The van der Waals surface area contributed by atoms with E-state index in [0.717, 1.165) is 18.2 Å². The Morgan fingerprint density at radius 2 is 1.85 bits per heavy atom. The van der Waals surface area contributed by atoms with Crippen molar-refractivity contribution in [3.05, 3.63) is 59.7 Å². The summed E-state index contributed by atoms with van der Waals surface area (Å²) in [7, 11) is 1.77. The summed E-state index contributed by atoms with van der Waals surface area (Å²) in [6.45, 7) is 8.30. The van der Waals surface area contributed by atoms with E-state index in [0.29, 0.717) is 12.0 Å². The Kier molecular flexibility index (Phi) is 4.46. The zero-order chi connectivity index (χ0) is 18.3. The van der Waals surface area contributed by atoms with Gasteiger partial charge >= 0.3 is 0 Å². The predicted octanol–water partition coefficient (Wildman–Crippen LogP) is 5.80. The second-order valence-electron chi connectivity index (χ2n) is 8.81. The highest BCUT2D eigenvalue weighted by Crippen LogP contribution is 2.52. The van der Waals surface area contributed by atoms with Crippen LogP contribution in [0.2, 0.25) is 0 Å². The number of anilines is 1. The molecule has 26 heavy (non-hydrogen) atoms. The molecule has 0 aromatic heterocycles. The zero-order valence-electron chi connectivity index (χ0n) is 16.5. The summed E-state index contributed by atoms with van der Waals surface area (Å²) in [4.78, 5) is 2.69. The molecule has 1 aliphatic heterocycles. The average Bonchev–Trinajstić information content (AvgIpc) is 2.65. The fourth-order valence-corrected chi connectivity index (χ4v) is 5.31. The van der Waals surface area contributed by atoms with Gasteiger partial charge in [-0.05, 0) is 59.4 Å². The Labute approximate surface area is 158 Å². The van der Waals surface area contributed by atoms with Crippen molar-refractivity contribution in [3.8, 4) is 5.75 Å². The number of rotatable bonds is 3. The minimum absolute atomic E-state index is 0.182. The monoisotopic (exact) mass is 349 g/mol. The van der Waals surface area contributed by atoms with Crippen LogP contribution in [0.5, 0.6) is 5.75 Å². The topological polar surface area (TPSA) is 12.5 Å². The third-order valence-electron chi connectivity index (χ3n) is 6.81. The van der Waals surface area contributed by atoms with Gasteiger partial charge in [0.05, 0.1) is 7.11 Å². The fraction of sp³-hybridized carbons (Fsp3) is 0.500. The van der Waals surface area contributed by atoms with E-state index in [1.165, 1.54) is 36.1 Å². The number of nitrogens with zero attached hydrogens (tertiary/aromatic N) is 1. The highest BCUT2D eigenvalue weighted by atomic mass is 16.5. The zero-order valence-corrected chi connectivity index (χ0v) is 16.5. The van der Waals surface area contributed by atoms with Crippen molar-refractivity contribution in [1.82, 2.24) is 0 Å². The number of benzene rings is 2. The van der Waals surface area contributed by atoms with Gasteiger partial charge < -0.3 is 9.64 Å². The molecule has 1 saturated carbocycles. The first-order chi connectivity index (χ1) is 12.5. The first-order valence-electron chi connectivity index (χ1n) is 10.00. The van der Waals surface area contributed by atoms with E-state index in [-0.39, 0.29) is 5.41 Å². The largest absolute Gasteiger partial charge is 0.497 e. The van der Waals surface area contributed by atoms with Crippen molar-refractivity contribution in [1.29, 1.82) is 0 Å². The molecule has 1 heterocycles. The van der Waals surface area contributed by atoms with Crippen LogP contribution in [-0.4, -0.2) is 13.2 Å². The Morgan fingerprint density at radius 3 is 2.58 bits per heavy atom. The summed E-state index contributed by atoms with van der Waals surface area (Å²) in [5, 5.41) is 0. The van der Waals surface area contributed by atoms with E-state index >= 15 is 0 Å². The summed E-state index contributed by atoms with van der Waals surface area (Å²) in [5.41, 5.74) is 4.42. The van der Waals surface area contributed by atoms with Crippen LogP contribution in [0.15, 0.2) is 48.5 Å². The molecule has 0 radical (unpaired) electrons. The second kappa shape index (κ2) is 6.64. The van der Waals surface area contributed by atoms with Crippen molar-refractivity contribution >= 4 is 5.69 Å². The molecule has 1 fully saturated rings. The van der Waals surface area contributed by atoms with Crippen LogP contribution >= 0.6 is 0 Å². The Bertz CT molecular complexity index is 767. The van der Waals surface area contributed by atoms with Crippen LogP contribution in [0, 0.1) is 11.8 Å². The minimum Gasteiger partial charge on any atom is -0.497 e. The van der Waals surface area contributed by atoms with Crippen LogP contribution in [0.25, 0.3) is 0 Å².